The molecule has 4 rings (SSSR count). The lowest BCUT2D eigenvalue weighted by Gasteiger charge is -2.10. The number of aromatic nitrogens is 3. The van der Waals surface area contributed by atoms with Crippen LogP contribution in [-0.2, 0) is 0 Å². The molecule has 0 fully saturated rings. The first-order valence-electron chi connectivity index (χ1n) is 7.62. The smallest absolute Gasteiger partial charge is 0.260 e. The van der Waals surface area contributed by atoms with Gasteiger partial charge in [0, 0.05) is 6.07 Å². The number of rotatable bonds is 3. The van der Waals surface area contributed by atoms with Gasteiger partial charge in [0.15, 0.2) is 0 Å². The normalized spacial score (nSPS) is 10.9. The number of anilines is 1. The predicted octanol–water partition coefficient (Wildman–Crippen LogP) is 2.44. The quantitative estimate of drug-likeness (QED) is 0.602. The molecule has 1 amide bonds. The van der Waals surface area contributed by atoms with Gasteiger partial charge in [0.1, 0.15) is 11.6 Å². The first-order valence-corrected chi connectivity index (χ1v) is 7.62. The zero-order chi connectivity index (χ0) is 17.4. The fourth-order valence-corrected chi connectivity index (χ4v) is 2.80. The molecule has 0 aliphatic heterocycles. The molecule has 2 heterocycles. The Balaban J connectivity index is 1.86. The number of ether oxygens (including phenoxy) is 1. The molecule has 2 aromatic carbocycles. The molecule has 0 aliphatic rings. The largest absolute Gasteiger partial charge is 0.496 e. The van der Waals surface area contributed by atoms with Crippen LogP contribution in [0.1, 0.15) is 10.4 Å². The number of nitrogens with zero attached hydrogens (tertiary/aromatic N) is 2. The van der Waals surface area contributed by atoms with Gasteiger partial charge in [-0.3, -0.25) is 19.0 Å². The minimum absolute atomic E-state index is 0.336. The SMILES string of the molecule is COc1ccccc1C(=O)Nc1cc(=O)[nH]c2nc3ccccc3n12. The Morgan fingerprint density at radius 3 is 2.76 bits per heavy atom. The van der Waals surface area contributed by atoms with E-state index in [0.717, 1.165) is 11.0 Å². The van der Waals surface area contributed by atoms with E-state index >= 15 is 0 Å². The highest BCUT2D eigenvalue weighted by Gasteiger charge is 2.15. The zero-order valence-electron chi connectivity index (χ0n) is 13.3. The van der Waals surface area contributed by atoms with Crippen molar-refractivity contribution in [2.45, 2.75) is 0 Å². The van der Waals surface area contributed by atoms with Gasteiger partial charge in [-0.15, -0.1) is 0 Å². The third-order valence-electron chi connectivity index (χ3n) is 3.90. The van der Waals surface area contributed by atoms with Crippen molar-refractivity contribution in [2.75, 3.05) is 12.4 Å². The number of nitrogens with one attached hydrogen (secondary N) is 2. The Labute approximate surface area is 141 Å². The second kappa shape index (κ2) is 5.79. The van der Waals surface area contributed by atoms with Crippen LogP contribution in [0.15, 0.2) is 59.4 Å². The minimum Gasteiger partial charge on any atom is -0.496 e. The fraction of sp³-hybridized carbons (Fsp3) is 0.0556. The Morgan fingerprint density at radius 1 is 1.16 bits per heavy atom. The average Bonchev–Trinajstić information content (AvgIpc) is 2.99. The summed E-state index contributed by atoms with van der Waals surface area (Å²) >= 11 is 0. The van der Waals surface area contributed by atoms with Crippen molar-refractivity contribution in [3.8, 4) is 5.75 Å². The van der Waals surface area contributed by atoms with Crippen molar-refractivity contribution in [3.63, 3.8) is 0 Å². The van der Waals surface area contributed by atoms with E-state index in [4.69, 9.17) is 4.74 Å². The number of methoxy groups -OCH3 is 1. The summed E-state index contributed by atoms with van der Waals surface area (Å²) in [6, 6.07) is 15.7. The van der Waals surface area contributed by atoms with Gasteiger partial charge in [-0.25, -0.2) is 4.98 Å². The van der Waals surface area contributed by atoms with Crippen LogP contribution < -0.4 is 15.6 Å². The monoisotopic (exact) mass is 334 g/mol. The zero-order valence-corrected chi connectivity index (χ0v) is 13.3. The van der Waals surface area contributed by atoms with Gasteiger partial charge in [0.05, 0.1) is 23.7 Å². The van der Waals surface area contributed by atoms with E-state index in [0.29, 0.717) is 22.9 Å². The molecule has 0 bridgehead atoms. The average molecular weight is 334 g/mol. The van der Waals surface area contributed by atoms with Gasteiger partial charge in [-0.1, -0.05) is 24.3 Å². The second-order valence-electron chi connectivity index (χ2n) is 5.43. The van der Waals surface area contributed by atoms with Crippen LogP contribution in [0, 0.1) is 0 Å². The summed E-state index contributed by atoms with van der Waals surface area (Å²) in [5.74, 6) is 0.783. The molecule has 2 N–H and O–H groups in total. The second-order valence-corrected chi connectivity index (χ2v) is 5.43. The Bertz CT molecular complexity index is 1160. The lowest BCUT2D eigenvalue weighted by atomic mass is 10.2. The molecule has 4 aromatic rings. The van der Waals surface area contributed by atoms with E-state index in [1.165, 1.54) is 13.2 Å². The molecule has 124 valence electrons. The molecule has 2 aromatic heterocycles. The van der Waals surface area contributed by atoms with Gasteiger partial charge >= 0.3 is 0 Å². The van der Waals surface area contributed by atoms with E-state index in [2.05, 4.69) is 15.3 Å². The molecule has 0 atom stereocenters. The first-order chi connectivity index (χ1) is 12.2. The third kappa shape index (κ3) is 2.51. The van der Waals surface area contributed by atoms with Gasteiger partial charge in [0.2, 0.25) is 5.78 Å². The summed E-state index contributed by atoms with van der Waals surface area (Å²) in [5.41, 5.74) is 1.53. The van der Waals surface area contributed by atoms with Crippen molar-refractivity contribution < 1.29 is 9.53 Å². The van der Waals surface area contributed by atoms with Crippen LogP contribution >= 0.6 is 0 Å². The van der Waals surface area contributed by atoms with Crippen LogP contribution in [0.3, 0.4) is 0 Å². The van der Waals surface area contributed by atoms with Crippen LogP contribution in [-0.4, -0.2) is 27.4 Å². The van der Waals surface area contributed by atoms with Gasteiger partial charge in [0.25, 0.3) is 11.5 Å². The molecule has 7 nitrogen and oxygen atoms in total. The van der Waals surface area contributed by atoms with Crippen molar-refractivity contribution in [3.05, 3.63) is 70.5 Å². The molecular formula is C18H14N4O3. The number of H-pyrrole nitrogens is 1. The van der Waals surface area contributed by atoms with Gasteiger partial charge < -0.3 is 10.1 Å². The maximum absolute atomic E-state index is 12.7. The summed E-state index contributed by atoms with van der Waals surface area (Å²) in [6.45, 7) is 0. The number of carbonyl (C=O) groups excluding carboxylic acids is 1. The maximum atomic E-state index is 12.7. The maximum Gasteiger partial charge on any atom is 0.260 e. The molecule has 0 spiro atoms. The number of hydrogen-bond acceptors (Lipinski definition) is 4. The molecule has 7 heteroatoms. The molecule has 0 saturated carbocycles. The lowest BCUT2D eigenvalue weighted by Crippen LogP contribution is -2.18. The summed E-state index contributed by atoms with van der Waals surface area (Å²) in [5, 5.41) is 2.78. The molecule has 0 radical (unpaired) electrons. The minimum atomic E-state index is -0.373. The van der Waals surface area contributed by atoms with Crippen LogP contribution in [0.2, 0.25) is 0 Å². The number of fused-ring (bicyclic) bond motifs is 3. The number of aromatic amines is 1. The summed E-state index contributed by atoms with van der Waals surface area (Å²) < 4.78 is 6.92. The highest BCUT2D eigenvalue weighted by Crippen LogP contribution is 2.21. The Hall–Kier alpha value is -3.61. The van der Waals surface area contributed by atoms with Crippen LogP contribution in [0.25, 0.3) is 16.8 Å². The van der Waals surface area contributed by atoms with Crippen molar-refractivity contribution in [1.29, 1.82) is 0 Å². The Morgan fingerprint density at radius 2 is 1.92 bits per heavy atom. The van der Waals surface area contributed by atoms with Crippen molar-refractivity contribution in [2.24, 2.45) is 0 Å². The number of imidazole rings is 1. The number of benzene rings is 2. The highest BCUT2D eigenvalue weighted by molar-refractivity contribution is 6.06. The number of para-hydroxylation sites is 3. The molecular weight excluding hydrogens is 320 g/mol. The van der Waals surface area contributed by atoms with Crippen molar-refractivity contribution >= 4 is 28.5 Å². The van der Waals surface area contributed by atoms with Crippen molar-refractivity contribution in [1.82, 2.24) is 14.4 Å². The fourth-order valence-electron chi connectivity index (χ4n) is 2.80. The van der Waals surface area contributed by atoms with E-state index in [-0.39, 0.29) is 11.5 Å². The number of carbonyl (C=O) groups is 1. The Kier molecular flexibility index (Phi) is 3.46. The predicted molar refractivity (Wildman–Crippen MR) is 94.3 cm³/mol. The molecule has 25 heavy (non-hydrogen) atoms. The number of hydrogen-bond donors (Lipinski definition) is 2. The number of amides is 1. The van der Waals surface area contributed by atoms with E-state index in [1.807, 2.05) is 24.3 Å². The van der Waals surface area contributed by atoms with Gasteiger partial charge in [-0.2, -0.15) is 0 Å². The van der Waals surface area contributed by atoms with E-state index in [9.17, 15) is 9.59 Å². The van der Waals surface area contributed by atoms with E-state index < -0.39 is 0 Å². The summed E-state index contributed by atoms with van der Waals surface area (Å²) in [4.78, 5) is 31.7. The highest BCUT2D eigenvalue weighted by atomic mass is 16.5. The van der Waals surface area contributed by atoms with Crippen LogP contribution in [0.5, 0.6) is 5.75 Å². The molecule has 0 saturated heterocycles. The summed E-state index contributed by atoms with van der Waals surface area (Å²) in [7, 11) is 1.50. The van der Waals surface area contributed by atoms with E-state index in [1.54, 1.807) is 28.7 Å². The summed E-state index contributed by atoms with van der Waals surface area (Å²) in [6.07, 6.45) is 0. The first kappa shape index (κ1) is 14.9. The standard InChI is InChI=1S/C18H14N4O3/c1-25-14-9-5-2-6-11(14)17(24)20-15-10-16(23)21-18-19-12-7-3-4-8-13(12)22(15)18/h2-10H,1H3,(H,20,24)(H,19,21,23). The third-order valence-corrected chi connectivity index (χ3v) is 3.90. The van der Waals surface area contributed by atoms with Crippen LogP contribution in [0.4, 0.5) is 5.82 Å². The lowest BCUT2D eigenvalue weighted by molar-refractivity contribution is 0.102. The van der Waals surface area contributed by atoms with Gasteiger partial charge in [-0.05, 0) is 24.3 Å². The molecule has 0 unspecified atom stereocenters. The topological polar surface area (TPSA) is 88.5 Å². The molecule has 0 aliphatic carbocycles.